The lowest BCUT2D eigenvalue weighted by molar-refractivity contribution is -0.163. The summed E-state index contributed by atoms with van der Waals surface area (Å²) in [7, 11) is 0. The van der Waals surface area contributed by atoms with Gasteiger partial charge in [-0.05, 0) is 99.2 Å². The molecule has 3 atom stereocenters. The van der Waals surface area contributed by atoms with Gasteiger partial charge in [-0.1, -0.05) is 12.1 Å². The number of carbonyl (C=O) groups is 2. The summed E-state index contributed by atoms with van der Waals surface area (Å²) in [5, 5.41) is 13.9. The quantitative estimate of drug-likeness (QED) is 0.685. The molecule has 2 saturated heterocycles. The lowest BCUT2D eigenvalue weighted by Gasteiger charge is -2.58. The molecule has 0 spiro atoms. The van der Waals surface area contributed by atoms with Crippen LogP contribution in [0.25, 0.3) is 0 Å². The third-order valence-electron chi connectivity index (χ3n) is 9.84. The Balaban J connectivity index is 1.03. The maximum absolute atomic E-state index is 13.5. The Labute approximate surface area is 207 Å². The van der Waals surface area contributed by atoms with E-state index >= 15 is 0 Å². The average Bonchev–Trinajstić information content (AvgIpc) is 2.87. The highest BCUT2D eigenvalue weighted by atomic mass is 19.1. The Bertz CT molecular complexity index is 945. The molecule has 35 heavy (non-hydrogen) atoms. The topological polar surface area (TPSA) is 72.9 Å². The monoisotopic (exact) mass is 483 g/mol. The fourth-order valence-corrected chi connectivity index (χ4v) is 8.22. The molecule has 1 aromatic rings. The molecule has 4 aliphatic carbocycles. The van der Waals surface area contributed by atoms with Gasteiger partial charge in [-0.25, -0.2) is 9.18 Å². The molecule has 0 radical (unpaired) electrons. The molecule has 3 amide bonds. The van der Waals surface area contributed by atoms with Crippen molar-refractivity contribution in [3.63, 3.8) is 0 Å². The molecule has 0 aromatic heterocycles. The summed E-state index contributed by atoms with van der Waals surface area (Å²) in [5.74, 6) is 1.48. The second kappa shape index (κ2) is 9.06. The predicted molar refractivity (Wildman–Crippen MR) is 130 cm³/mol. The number of halogens is 1. The molecule has 4 bridgehead atoms. The van der Waals surface area contributed by atoms with Crippen molar-refractivity contribution in [2.24, 2.45) is 23.2 Å². The number of benzene rings is 1. The zero-order valence-electron chi connectivity index (χ0n) is 20.5. The largest absolute Gasteiger partial charge is 0.393 e. The van der Waals surface area contributed by atoms with Crippen LogP contribution in [0.5, 0.6) is 0 Å². The molecule has 7 rings (SSSR count). The molecular formula is C28H38FN3O3. The number of urea groups is 1. The molecule has 2 N–H and O–H groups in total. The molecular weight excluding hydrogens is 445 g/mol. The maximum Gasteiger partial charge on any atom is 0.320 e. The standard InChI is InChI=1S/C28H38FN3O3/c29-23-5-3-19(4-6-23)20-7-10-31(11-8-20)27(35)32-9-1-2-24(17-32)30-26(34)28-14-18-12-21(15-28)25(33)22(13-18)16-28/h3-6,18,20-22,24-25,33H,1-2,7-17H2,(H,30,34)/t18?,21?,22?,24-,25?,28?/m0/s1. The van der Waals surface area contributed by atoms with Crippen molar-refractivity contribution in [1.82, 2.24) is 15.1 Å². The first kappa shape index (κ1) is 23.3. The Hall–Kier alpha value is -2.15. The van der Waals surface area contributed by atoms with E-state index in [2.05, 4.69) is 5.32 Å². The Morgan fingerprint density at radius 3 is 2.31 bits per heavy atom. The van der Waals surface area contributed by atoms with E-state index in [0.717, 1.165) is 69.9 Å². The molecule has 1 aromatic carbocycles. The maximum atomic E-state index is 13.5. The summed E-state index contributed by atoms with van der Waals surface area (Å²) in [6, 6.07) is 6.84. The lowest BCUT2D eigenvalue weighted by Crippen LogP contribution is -2.61. The van der Waals surface area contributed by atoms with Crippen molar-refractivity contribution < 1.29 is 19.1 Å². The van der Waals surface area contributed by atoms with Gasteiger partial charge in [0.05, 0.1) is 11.5 Å². The van der Waals surface area contributed by atoms with Crippen molar-refractivity contribution in [2.45, 2.75) is 75.9 Å². The molecule has 6 nitrogen and oxygen atoms in total. The Morgan fingerprint density at radius 2 is 1.63 bits per heavy atom. The van der Waals surface area contributed by atoms with Crippen LogP contribution in [-0.4, -0.2) is 65.2 Å². The van der Waals surface area contributed by atoms with Gasteiger partial charge in [0.2, 0.25) is 5.91 Å². The number of aliphatic hydroxyl groups is 1. The first-order chi connectivity index (χ1) is 16.9. The van der Waals surface area contributed by atoms with Crippen LogP contribution in [0.15, 0.2) is 24.3 Å². The van der Waals surface area contributed by atoms with E-state index < -0.39 is 0 Å². The first-order valence-electron chi connectivity index (χ1n) is 13.7. The number of carbonyl (C=O) groups excluding carboxylic acids is 2. The highest BCUT2D eigenvalue weighted by molar-refractivity contribution is 5.83. The zero-order chi connectivity index (χ0) is 24.2. The third kappa shape index (κ3) is 4.34. The number of hydrogen-bond donors (Lipinski definition) is 2. The molecule has 7 heteroatoms. The fraction of sp³-hybridized carbons (Fsp3) is 0.714. The Morgan fingerprint density at radius 1 is 0.943 bits per heavy atom. The van der Waals surface area contributed by atoms with Gasteiger partial charge in [0.15, 0.2) is 0 Å². The summed E-state index contributed by atoms with van der Waals surface area (Å²) < 4.78 is 13.2. The molecule has 2 heterocycles. The van der Waals surface area contributed by atoms with Crippen LogP contribution in [0, 0.1) is 29.0 Å². The van der Waals surface area contributed by atoms with E-state index in [9.17, 15) is 19.1 Å². The van der Waals surface area contributed by atoms with Crippen LogP contribution in [0.2, 0.25) is 0 Å². The molecule has 6 fully saturated rings. The highest BCUT2D eigenvalue weighted by Gasteiger charge is 2.58. The van der Waals surface area contributed by atoms with E-state index in [1.165, 1.54) is 12.1 Å². The second-order valence-corrected chi connectivity index (χ2v) is 12.1. The van der Waals surface area contributed by atoms with Crippen LogP contribution in [0.3, 0.4) is 0 Å². The van der Waals surface area contributed by atoms with Gasteiger partial charge in [-0.15, -0.1) is 0 Å². The van der Waals surface area contributed by atoms with E-state index in [1.807, 2.05) is 21.9 Å². The zero-order valence-corrected chi connectivity index (χ0v) is 20.5. The first-order valence-corrected chi connectivity index (χ1v) is 13.7. The summed E-state index contributed by atoms with van der Waals surface area (Å²) in [5.41, 5.74) is 0.848. The smallest absolute Gasteiger partial charge is 0.320 e. The number of nitrogens with one attached hydrogen (secondary N) is 1. The number of piperidine rings is 2. The number of hydrogen-bond acceptors (Lipinski definition) is 3. The van der Waals surface area contributed by atoms with E-state index in [0.29, 0.717) is 31.5 Å². The van der Waals surface area contributed by atoms with Crippen LogP contribution < -0.4 is 5.32 Å². The number of nitrogens with zero attached hydrogens (tertiary/aromatic N) is 2. The van der Waals surface area contributed by atoms with Gasteiger partial charge in [0.25, 0.3) is 0 Å². The van der Waals surface area contributed by atoms with Crippen LogP contribution in [0.1, 0.15) is 69.3 Å². The number of amides is 3. The summed E-state index contributed by atoms with van der Waals surface area (Å²) >= 11 is 0. The van der Waals surface area contributed by atoms with E-state index in [-0.39, 0.29) is 47.2 Å². The van der Waals surface area contributed by atoms with Gasteiger partial charge in [0.1, 0.15) is 5.82 Å². The minimum atomic E-state index is -0.301. The highest BCUT2D eigenvalue weighted by Crippen LogP contribution is 2.60. The third-order valence-corrected chi connectivity index (χ3v) is 9.84. The van der Waals surface area contributed by atoms with Gasteiger partial charge < -0.3 is 20.2 Å². The molecule has 6 aliphatic rings. The summed E-state index contributed by atoms with van der Waals surface area (Å²) in [6.45, 7) is 2.75. The van der Waals surface area contributed by atoms with Gasteiger partial charge in [-0.3, -0.25) is 4.79 Å². The van der Waals surface area contributed by atoms with Crippen LogP contribution >= 0.6 is 0 Å². The van der Waals surface area contributed by atoms with Crippen molar-refractivity contribution in [3.8, 4) is 0 Å². The van der Waals surface area contributed by atoms with Gasteiger partial charge in [0, 0.05) is 32.2 Å². The normalized spacial score (nSPS) is 36.9. The van der Waals surface area contributed by atoms with Gasteiger partial charge >= 0.3 is 6.03 Å². The van der Waals surface area contributed by atoms with Crippen molar-refractivity contribution in [3.05, 3.63) is 35.6 Å². The summed E-state index contributed by atoms with van der Waals surface area (Å²) in [6.07, 6.45) is 8.16. The fourth-order valence-electron chi connectivity index (χ4n) is 8.22. The van der Waals surface area contributed by atoms with E-state index in [1.54, 1.807) is 0 Å². The molecule has 190 valence electrons. The second-order valence-electron chi connectivity index (χ2n) is 12.1. The minimum Gasteiger partial charge on any atom is -0.393 e. The molecule has 2 unspecified atom stereocenters. The number of likely N-dealkylation sites (tertiary alicyclic amines) is 2. The SMILES string of the molecule is O=C(N1CCC(c2ccc(F)cc2)CC1)N1CCC[C@H](NC(=O)C23CC4CC(C2)C(O)C(C4)C3)C1. The number of aliphatic hydroxyl groups excluding tert-OH is 1. The van der Waals surface area contributed by atoms with E-state index in [4.69, 9.17) is 0 Å². The molecule has 2 aliphatic heterocycles. The van der Waals surface area contributed by atoms with Crippen LogP contribution in [0.4, 0.5) is 9.18 Å². The summed E-state index contributed by atoms with van der Waals surface area (Å²) in [4.78, 5) is 30.7. The average molecular weight is 484 g/mol. The Kier molecular flexibility index (Phi) is 6.02. The predicted octanol–water partition coefficient (Wildman–Crippen LogP) is 3.89. The van der Waals surface area contributed by atoms with Crippen molar-refractivity contribution in [2.75, 3.05) is 26.2 Å². The van der Waals surface area contributed by atoms with Gasteiger partial charge in [-0.2, -0.15) is 0 Å². The van der Waals surface area contributed by atoms with Crippen molar-refractivity contribution in [1.29, 1.82) is 0 Å². The number of rotatable bonds is 3. The van der Waals surface area contributed by atoms with Crippen molar-refractivity contribution >= 4 is 11.9 Å². The molecule has 4 saturated carbocycles. The van der Waals surface area contributed by atoms with Crippen LogP contribution in [-0.2, 0) is 4.79 Å². The lowest BCUT2D eigenvalue weighted by atomic mass is 9.48. The minimum absolute atomic E-state index is 0.00915.